The van der Waals surface area contributed by atoms with Gasteiger partial charge in [0.05, 0.1) is 5.69 Å². The molecule has 0 saturated carbocycles. The van der Waals surface area contributed by atoms with Gasteiger partial charge in [0.15, 0.2) is 12.2 Å². The van der Waals surface area contributed by atoms with Crippen LogP contribution in [0.1, 0.15) is 44.9 Å². The number of hydrogen-bond donors (Lipinski definition) is 0. The summed E-state index contributed by atoms with van der Waals surface area (Å²) in [7, 11) is 0. The molecule has 0 bridgehead atoms. The van der Waals surface area contributed by atoms with E-state index in [9.17, 15) is 0 Å². The zero-order chi connectivity index (χ0) is 13.4. The third-order valence-electron chi connectivity index (χ3n) is 2.27. The molecule has 0 amide bonds. The largest absolute Gasteiger partial charge is 0.443 e. The molecule has 2 aromatic heterocycles. The first-order chi connectivity index (χ1) is 8.72. The van der Waals surface area contributed by atoms with Crippen LogP contribution in [-0.4, -0.2) is 9.97 Å². The molecule has 0 fully saturated rings. The van der Waals surface area contributed by atoms with Crippen molar-refractivity contribution in [2.75, 3.05) is 0 Å². The molecule has 0 atom stereocenters. The highest BCUT2D eigenvalue weighted by molar-refractivity contribution is 5.59. The van der Waals surface area contributed by atoms with Crippen molar-refractivity contribution in [3.63, 3.8) is 0 Å². The minimum Gasteiger partial charge on any atom is -0.443 e. The van der Waals surface area contributed by atoms with Gasteiger partial charge in [0.1, 0.15) is 0 Å². The Hall–Kier alpha value is -1.64. The second-order valence-corrected chi connectivity index (χ2v) is 4.34. The molecular weight excluding hydrogens is 224 g/mol. The fraction of sp³-hybridized carbons (Fsp3) is 0.467. The number of nitrogens with zero attached hydrogens (tertiary/aromatic N) is 2. The first-order valence-corrected chi connectivity index (χ1v) is 6.57. The van der Waals surface area contributed by atoms with E-state index in [1.807, 2.05) is 19.3 Å². The summed E-state index contributed by atoms with van der Waals surface area (Å²) in [5, 5.41) is 0. The van der Waals surface area contributed by atoms with E-state index in [1.165, 1.54) is 12.8 Å². The molecule has 0 radical (unpaired) electrons. The van der Waals surface area contributed by atoms with Gasteiger partial charge in [0.25, 0.3) is 0 Å². The maximum Gasteiger partial charge on any atom is 0.181 e. The van der Waals surface area contributed by atoms with Crippen LogP contribution in [0.4, 0.5) is 0 Å². The van der Waals surface area contributed by atoms with E-state index < -0.39 is 0 Å². The number of hydrogen-bond acceptors (Lipinski definition) is 3. The van der Waals surface area contributed by atoms with Crippen LogP contribution >= 0.6 is 0 Å². The topological polar surface area (TPSA) is 38.9 Å². The van der Waals surface area contributed by atoms with E-state index in [0.29, 0.717) is 0 Å². The highest BCUT2D eigenvalue weighted by Crippen LogP contribution is 2.23. The minimum atomic E-state index is 0.855. The number of aryl methyl sites for hydroxylation is 2. The van der Waals surface area contributed by atoms with Crippen LogP contribution < -0.4 is 0 Å². The predicted octanol–water partition coefficient (Wildman–Crippen LogP) is 4.41. The number of aromatic nitrogens is 2. The summed E-state index contributed by atoms with van der Waals surface area (Å²) < 4.78 is 5.41. The summed E-state index contributed by atoms with van der Waals surface area (Å²) in [5.41, 5.74) is 3.16. The molecule has 0 aliphatic rings. The van der Waals surface area contributed by atoms with Crippen molar-refractivity contribution in [1.29, 1.82) is 0 Å². The number of pyridine rings is 1. The average Bonchev–Trinajstić information content (AvgIpc) is 2.79. The third-order valence-corrected chi connectivity index (χ3v) is 2.27. The second kappa shape index (κ2) is 7.64. The molecule has 2 rings (SSSR count). The highest BCUT2D eigenvalue weighted by Gasteiger charge is 2.09. The van der Waals surface area contributed by atoms with E-state index in [0.717, 1.165) is 35.4 Å². The van der Waals surface area contributed by atoms with Gasteiger partial charge in [-0.15, -0.1) is 0 Å². The van der Waals surface area contributed by atoms with Crippen molar-refractivity contribution in [2.45, 2.75) is 47.0 Å². The van der Waals surface area contributed by atoms with E-state index in [4.69, 9.17) is 4.42 Å². The van der Waals surface area contributed by atoms with E-state index in [1.54, 1.807) is 0 Å². The molecule has 98 valence electrons. The monoisotopic (exact) mass is 246 g/mol. The quantitative estimate of drug-likeness (QED) is 0.805. The Labute approximate surface area is 109 Å². The molecule has 0 N–H and O–H groups in total. The van der Waals surface area contributed by atoms with Crippen LogP contribution in [0.3, 0.4) is 0 Å². The van der Waals surface area contributed by atoms with Crippen LogP contribution in [0.2, 0.25) is 0 Å². The van der Waals surface area contributed by atoms with Gasteiger partial charge in [-0.25, -0.2) is 4.98 Å². The van der Waals surface area contributed by atoms with Crippen molar-refractivity contribution in [2.24, 2.45) is 0 Å². The van der Waals surface area contributed by atoms with Crippen molar-refractivity contribution >= 4 is 0 Å². The van der Waals surface area contributed by atoms with Crippen LogP contribution in [-0.2, 0) is 6.42 Å². The van der Waals surface area contributed by atoms with Gasteiger partial charge in [-0.1, -0.05) is 33.6 Å². The molecule has 0 saturated heterocycles. The summed E-state index contributed by atoms with van der Waals surface area (Å²) in [4.78, 5) is 8.37. The maximum absolute atomic E-state index is 5.41. The molecule has 0 aromatic carbocycles. The lowest BCUT2D eigenvalue weighted by Crippen LogP contribution is -1.88. The molecule has 18 heavy (non-hydrogen) atoms. The Bertz CT molecular complexity index is 463. The summed E-state index contributed by atoms with van der Waals surface area (Å²) in [6, 6.07) is 2.06. The lowest BCUT2D eigenvalue weighted by atomic mass is 10.1. The summed E-state index contributed by atoms with van der Waals surface area (Å²) >= 11 is 0. The average molecular weight is 246 g/mol. The van der Waals surface area contributed by atoms with Gasteiger partial charge in [0, 0.05) is 18.0 Å². The second-order valence-electron chi connectivity index (χ2n) is 4.34. The Balaban J connectivity index is 0.000000492. The molecule has 3 heteroatoms. The Morgan fingerprint density at radius 1 is 1.17 bits per heavy atom. The summed E-state index contributed by atoms with van der Waals surface area (Å²) in [6.07, 6.45) is 8.41. The smallest absolute Gasteiger partial charge is 0.181 e. The molecular formula is C15H22N2O. The van der Waals surface area contributed by atoms with Crippen molar-refractivity contribution < 1.29 is 4.42 Å². The SMILES string of the molecule is CCC.CCCc1ncoc1-c1cncc(C)c1. The molecule has 0 aliphatic heterocycles. The van der Waals surface area contributed by atoms with Crippen LogP contribution in [0.5, 0.6) is 0 Å². The molecule has 3 nitrogen and oxygen atoms in total. The number of oxazole rings is 1. The zero-order valence-electron chi connectivity index (χ0n) is 11.7. The van der Waals surface area contributed by atoms with Crippen LogP contribution in [0.15, 0.2) is 29.3 Å². The van der Waals surface area contributed by atoms with Crippen LogP contribution in [0, 0.1) is 6.92 Å². The van der Waals surface area contributed by atoms with Gasteiger partial charge >= 0.3 is 0 Å². The number of rotatable bonds is 3. The van der Waals surface area contributed by atoms with E-state index in [2.05, 4.69) is 36.8 Å². The molecule has 0 spiro atoms. The predicted molar refractivity (Wildman–Crippen MR) is 74.4 cm³/mol. The van der Waals surface area contributed by atoms with E-state index >= 15 is 0 Å². The molecule has 0 aliphatic carbocycles. The maximum atomic E-state index is 5.41. The van der Waals surface area contributed by atoms with Gasteiger partial charge in [-0.3, -0.25) is 4.98 Å². The summed E-state index contributed by atoms with van der Waals surface area (Å²) in [6.45, 7) is 8.40. The Morgan fingerprint density at radius 2 is 1.89 bits per heavy atom. The fourth-order valence-corrected chi connectivity index (χ4v) is 1.60. The fourth-order valence-electron chi connectivity index (χ4n) is 1.60. The van der Waals surface area contributed by atoms with Gasteiger partial charge in [0.2, 0.25) is 0 Å². The Morgan fingerprint density at radius 3 is 2.50 bits per heavy atom. The standard InChI is InChI=1S/C12H14N2O.C3H8/c1-3-4-11-12(15-8-14-11)10-5-9(2)6-13-7-10;1-3-2/h5-8H,3-4H2,1-2H3;3H2,1-2H3. The minimum absolute atomic E-state index is 0.855. The molecule has 0 unspecified atom stereocenters. The third kappa shape index (κ3) is 3.99. The lowest BCUT2D eigenvalue weighted by molar-refractivity contribution is 0.570. The normalized spacial score (nSPS) is 9.78. The lowest BCUT2D eigenvalue weighted by Gasteiger charge is -2.00. The summed E-state index contributed by atoms with van der Waals surface area (Å²) in [5.74, 6) is 0.855. The zero-order valence-corrected chi connectivity index (χ0v) is 11.7. The van der Waals surface area contributed by atoms with Crippen LogP contribution in [0.25, 0.3) is 11.3 Å². The molecule has 2 aromatic rings. The van der Waals surface area contributed by atoms with Crippen molar-refractivity contribution in [3.8, 4) is 11.3 Å². The van der Waals surface area contributed by atoms with Crippen molar-refractivity contribution in [1.82, 2.24) is 9.97 Å². The molecule has 2 heterocycles. The Kier molecular flexibility index (Phi) is 6.12. The van der Waals surface area contributed by atoms with Gasteiger partial charge in [-0.05, 0) is 25.0 Å². The van der Waals surface area contributed by atoms with Gasteiger partial charge in [-0.2, -0.15) is 0 Å². The first kappa shape index (κ1) is 14.4. The van der Waals surface area contributed by atoms with Gasteiger partial charge < -0.3 is 4.42 Å². The van der Waals surface area contributed by atoms with Crippen molar-refractivity contribution in [3.05, 3.63) is 36.1 Å². The van der Waals surface area contributed by atoms with E-state index in [-0.39, 0.29) is 0 Å². The highest BCUT2D eigenvalue weighted by atomic mass is 16.3. The first-order valence-electron chi connectivity index (χ1n) is 6.57.